The van der Waals surface area contributed by atoms with Crippen molar-refractivity contribution in [3.05, 3.63) is 29.3 Å². The molecule has 0 heterocycles. The van der Waals surface area contributed by atoms with Gasteiger partial charge >= 0.3 is 6.18 Å². The Hall–Kier alpha value is -1.72. The molecule has 2 N–H and O–H groups in total. The van der Waals surface area contributed by atoms with Crippen LogP contribution in [0.5, 0.6) is 5.75 Å². The van der Waals surface area contributed by atoms with Gasteiger partial charge in [0.25, 0.3) is 0 Å². The summed E-state index contributed by atoms with van der Waals surface area (Å²) >= 11 is 0. The quantitative estimate of drug-likeness (QED) is 0.304. The number of benzene rings is 1. The summed E-state index contributed by atoms with van der Waals surface area (Å²) < 4.78 is 42.6. The average molecular weight is 556 g/mol. The number of ether oxygens (including phenoxy) is 1. The molecule has 176 valence electrons. The van der Waals surface area contributed by atoms with Crippen LogP contribution in [0.15, 0.2) is 23.2 Å². The summed E-state index contributed by atoms with van der Waals surface area (Å²) in [5.41, 5.74) is 0.947. The summed E-state index contributed by atoms with van der Waals surface area (Å²) in [6.45, 7) is 1.14. The highest BCUT2D eigenvalue weighted by Crippen LogP contribution is 2.38. The highest BCUT2D eigenvalue weighted by Gasteiger charge is 2.42. The number of carbonyl (C=O) groups excluding carboxylic acids is 1. The van der Waals surface area contributed by atoms with Crippen molar-refractivity contribution in [3.8, 4) is 5.75 Å². The van der Waals surface area contributed by atoms with Crippen LogP contribution in [0.4, 0.5) is 13.2 Å². The van der Waals surface area contributed by atoms with Crippen LogP contribution in [0.1, 0.15) is 36.8 Å². The molecule has 6 nitrogen and oxygen atoms in total. The summed E-state index contributed by atoms with van der Waals surface area (Å²) in [5, 5.41) is 6.32. The predicted octanol–water partition coefficient (Wildman–Crippen LogP) is 3.87. The molecule has 0 unspecified atom stereocenters. The first-order chi connectivity index (χ1) is 14.1. The van der Waals surface area contributed by atoms with Gasteiger partial charge in [0.05, 0.1) is 5.41 Å². The molecule has 0 bridgehead atoms. The molecule has 10 heteroatoms. The number of nitrogens with one attached hydrogen (secondary N) is 2. The van der Waals surface area contributed by atoms with E-state index in [1.165, 1.54) is 0 Å². The Morgan fingerprint density at radius 3 is 2.42 bits per heavy atom. The fourth-order valence-corrected chi connectivity index (χ4v) is 3.75. The zero-order chi connectivity index (χ0) is 22.4. The van der Waals surface area contributed by atoms with Gasteiger partial charge in [0.15, 0.2) is 12.6 Å². The van der Waals surface area contributed by atoms with Crippen LogP contribution >= 0.6 is 24.0 Å². The van der Waals surface area contributed by atoms with Crippen LogP contribution in [0, 0.1) is 12.3 Å². The van der Waals surface area contributed by atoms with Gasteiger partial charge in [-0.1, -0.05) is 25.0 Å². The van der Waals surface area contributed by atoms with E-state index in [9.17, 15) is 18.0 Å². The molecule has 1 fully saturated rings. The van der Waals surface area contributed by atoms with Crippen LogP contribution in [0.2, 0.25) is 0 Å². The SMILES string of the molecule is CN=C(NCc1ccc(C)cc1OCC(F)(F)F)NCC1(C(=O)N(C)C)CCCC1.I. The van der Waals surface area contributed by atoms with Crippen molar-refractivity contribution in [1.29, 1.82) is 0 Å². The van der Waals surface area contributed by atoms with Gasteiger partial charge in [-0.3, -0.25) is 9.79 Å². The average Bonchev–Trinajstić information content (AvgIpc) is 3.16. The van der Waals surface area contributed by atoms with Crippen molar-refractivity contribution in [2.75, 3.05) is 34.3 Å². The zero-order valence-electron chi connectivity index (χ0n) is 18.4. The fourth-order valence-electron chi connectivity index (χ4n) is 3.75. The lowest BCUT2D eigenvalue weighted by atomic mass is 9.84. The Labute approximate surface area is 199 Å². The molecule has 1 saturated carbocycles. The molecule has 0 radical (unpaired) electrons. The molecule has 1 aromatic carbocycles. The number of amides is 1. The molecule has 31 heavy (non-hydrogen) atoms. The smallest absolute Gasteiger partial charge is 0.422 e. The Bertz CT molecular complexity index is 763. The number of alkyl halides is 3. The standard InChI is InChI=1S/C21H31F3N4O2.HI/c1-15-7-8-16(17(11-15)30-14-21(22,23)24)12-26-19(25-2)27-13-20(9-5-6-10-20)18(29)28(3)4;/h7-8,11H,5-6,9-10,12-14H2,1-4H3,(H2,25,26,27);1H. The molecule has 0 aromatic heterocycles. The minimum absolute atomic E-state index is 0. The highest BCUT2D eigenvalue weighted by atomic mass is 127. The van der Waals surface area contributed by atoms with Crippen molar-refractivity contribution in [1.82, 2.24) is 15.5 Å². The maximum absolute atomic E-state index is 12.7. The molecule has 0 aliphatic heterocycles. The first-order valence-electron chi connectivity index (χ1n) is 10.0. The monoisotopic (exact) mass is 556 g/mol. The Kier molecular flexibility index (Phi) is 10.4. The lowest BCUT2D eigenvalue weighted by Crippen LogP contribution is -2.49. The van der Waals surface area contributed by atoms with E-state index in [-0.39, 0.29) is 42.2 Å². The lowest BCUT2D eigenvalue weighted by Gasteiger charge is -2.31. The summed E-state index contributed by atoms with van der Waals surface area (Å²) in [7, 11) is 5.13. The molecule has 2 rings (SSSR count). The van der Waals surface area contributed by atoms with Crippen LogP contribution in [0.25, 0.3) is 0 Å². The number of rotatable bonds is 7. The van der Waals surface area contributed by atoms with Crippen LogP contribution in [-0.2, 0) is 11.3 Å². The molecule has 1 aromatic rings. The summed E-state index contributed by atoms with van der Waals surface area (Å²) in [6.07, 6.45) is -0.740. The maximum Gasteiger partial charge on any atom is 0.422 e. The van der Waals surface area contributed by atoms with Crippen molar-refractivity contribution in [3.63, 3.8) is 0 Å². The van der Waals surface area contributed by atoms with Crippen LogP contribution in [-0.4, -0.2) is 57.2 Å². The third-order valence-electron chi connectivity index (χ3n) is 5.30. The van der Waals surface area contributed by atoms with E-state index >= 15 is 0 Å². The summed E-state index contributed by atoms with van der Waals surface area (Å²) in [5.74, 6) is 0.768. The Morgan fingerprint density at radius 1 is 1.23 bits per heavy atom. The second-order valence-corrected chi connectivity index (χ2v) is 7.98. The van der Waals surface area contributed by atoms with Crippen LogP contribution < -0.4 is 15.4 Å². The second kappa shape index (κ2) is 11.8. The number of carbonyl (C=O) groups is 1. The van der Waals surface area contributed by atoms with Gasteiger partial charge in [0.2, 0.25) is 5.91 Å². The van der Waals surface area contributed by atoms with E-state index in [1.54, 1.807) is 45.1 Å². The van der Waals surface area contributed by atoms with Gasteiger partial charge in [-0.05, 0) is 31.4 Å². The summed E-state index contributed by atoms with van der Waals surface area (Å²) in [6, 6.07) is 5.13. The number of hydrogen-bond donors (Lipinski definition) is 2. The van der Waals surface area contributed by atoms with E-state index in [4.69, 9.17) is 4.74 Å². The van der Waals surface area contributed by atoms with Crippen molar-refractivity contribution in [2.45, 2.75) is 45.3 Å². The molecule has 0 saturated heterocycles. The van der Waals surface area contributed by atoms with Gasteiger partial charge < -0.3 is 20.3 Å². The van der Waals surface area contributed by atoms with Gasteiger partial charge in [-0.2, -0.15) is 13.2 Å². The van der Waals surface area contributed by atoms with E-state index in [0.717, 1.165) is 31.2 Å². The number of aliphatic imine (C=N–C) groups is 1. The van der Waals surface area contributed by atoms with E-state index in [0.29, 0.717) is 18.1 Å². The Morgan fingerprint density at radius 2 is 1.87 bits per heavy atom. The van der Waals surface area contributed by atoms with E-state index in [2.05, 4.69) is 15.6 Å². The summed E-state index contributed by atoms with van der Waals surface area (Å²) in [4.78, 5) is 18.5. The lowest BCUT2D eigenvalue weighted by molar-refractivity contribution is -0.153. The number of hydrogen-bond acceptors (Lipinski definition) is 3. The van der Waals surface area contributed by atoms with Crippen molar-refractivity contribution in [2.24, 2.45) is 10.4 Å². The minimum atomic E-state index is -4.40. The molecule has 1 aliphatic carbocycles. The third kappa shape index (κ3) is 8.04. The van der Waals surface area contributed by atoms with Crippen LogP contribution in [0.3, 0.4) is 0 Å². The highest BCUT2D eigenvalue weighted by molar-refractivity contribution is 14.0. The third-order valence-corrected chi connectivity index (χ3v) is 5.30. The van der Waals surface area contributed by atoms with E-state index < -0.39 is 18.2 Å². The van der Waals surface area contributed by atoms with Gasteiger partial charge in [0, 0.05) is 39.8 Å². The number of halogens is 4. The topological polar surface area (TPSA) is 66.0 Å². The van der Waals surface area contributed by atoms with Gasteiger partial charge in [-0.25, -0.2) is 0 Å². The normalized spacial score (nSPS) is 15.8. The van der Waals surface area contributed by atoms with Crippen molar-refractivity contribution < 1.29 is 22.7 Å². The fraction of sp³-hybridized carbons (Fsp3) is 0.619. The number of nitrogens with zero attached hydrogens (tertiary/aromatic N) is 2. The first-order valence-corrected chi connectivity index (χ1v) is 10.0. The number of guanidine groups is 1. The van der Waals surface area contributed by atoms with Gasteiger partial charge in [-0.15, -0.1) is 24.0 Å². The molecule has 0 spiro atoms. The van der Waals surface area contributed by atoms with E-state index in [1.807, 2.05) is 6.07 Å². The molecule has 1 aliphatic rings. The second-order valence-electron chi connectivity index (χ2n) is 7.98. The molecular weight excluding hydrogens is 524 g/mol. The van der Waals surface area contributed by atoms with Crippen molar-refractivity contribution >= 4 is 35.8 Å². The van der Waals surface area contributed by atoms with Gasteiger partial charge in [0.1, 0.15) is 5.75 Å². The number of aryl methyl sites for hydroxylation is 1. The molecule has 0 atom stereocenters. The molecular formula is C21H32F3IN4O2. The zero-order valence-corrected chi connectivity index (χ0v) is 20.8. The first kappa shape index (κ1) is 27.3. The largest absolute Gasteiger partial charge is 0.484 e. The Balaban J connectivity index is 0.00000480. The minimum Gasteiger partial charge on any atom is -0.484 e. The predicted molar refractivity (Wildman–Crippen MR) is 126 cm³/mol. The maximum atomic E-state index is 12.7. The molecule has 1 amide bonds.